The number of rotatable bonds is 4. The maximum atomic E-state index is 12.1. The number of hydrogen-bond donors (Lipinski definition) is 3. The van der Waals surface area contributed by atoms with Crippen molar-refractivity contribution in [3.8, 4) is 0 Å². The van der Waals surface area contributed by atoms with Gasteiger partial charge in [0.25, 0.3) is 0 Å². The number of nitrogens with one attached hydrogen (secondary N) is 2. The lowest BCUT2D eigenvalue weighted by Crippen LogP contribution is -2.55. The molecule has 2 rings (SSSR count). The molecular formula is C15H22N2O3. The van der Waals surface area contributed by atoms with Crippen LogP contribution in [0.3, 0.4) is 0 Å². The summed E-state index contributed by atoms with van der Waals surface area (Å²) in [6.45, 7) is 5.45. The Morgan fingerprint density at radius 3 is 2.80 bits per heavy atom. The third-order valence-corrected chi connectivity index (χ3v) is 3.53. The van der Waals surface area contributed by atoms with Crippen molar-refractivity contribution in [1.82, 2.24) is 10.6 Å². The van der Waals surface area contributed by atoms with Crippen LogP contribution in [0.4, 0.5) is 0 Å². The van der Waals surface area contributed by atoms with E-state index in [2.05, 4.69) is 10.6 Å². The Morgan fingerprint density at radius 2 is 2.20 bits per heavy atom. The highest BCUT2D eigenvalue weighted by atomic mass is 16.5. The van der Waals surface area contributed by atoms with Gasteiger partial charge in [0.1, 0.15) is 6.04 Å². The SMILES string of the molecule is CC(O)c1ccc(CNC(=O)[C@H]2NCCO[C@@H]2C)cc1. The molecule has 3 N–H and O–H groups in total. The first kappa shape index (κ1) is 15.0. The van der Waals surface area contributed by atoms with Crippen molar-refractivity contribution >= 4 is 5.91 Å². The highest BCUT2D eigenvalue weighted by Crippen LogP contribution is 2.12. The van der Waals surface area contributed by atoms with E-state index in [4.69, 9.17) is 4.74 Å². The fraction of sp³-hybridized carbons (Fsp3) is 0.533. The lowest BCUT2D eigenvalue weighted by Gasteiger charge is -2.29. The van der Waals surface area contributed by atoms with Crippen molar-refractivity contribution in [3.63, 3.8) is 0 Å². The number of amides is 1. The van der Waals surface area contributed by atoms with Gasteiger partial charge in [-0.05, 0) is 25.0 Å². The summed E-state index contributed by atoms with van der Waals surface area (Å²) in [5, 5.41) is 15.5. The van der Waals surface area contributed by atoms with Crippen LogP contribution in [0.2, 0.25) is 0 Å². The number of benzene rings is 1. The predicted octanol–water partition coefficient (Wildman–Crippen LogP) is 0.733. The summed E-state index contributed by atoms with van der Waals surface area (Å²) in [5.41, 5.74) is 1.88. The Bertz CT molecular complexity index is 445. The first-order valence-corrected chi connectivity index (χ1v) is 6.97. The minimum Gasteiger partial charge on any atom is -0.389 e. The Hall–Kier alpha value is -1.43. The number of hydrogen-bond acceptors (Lipinski definition) is 4. The van der Waals surface area contributed by atoms with Gasteiger partial charge in [0.05, 0.1) is 18.8 Å². The van der Waals surface area contributed by atoms with Gasteiger partial charge in [-0.15, -0.1) is 0 Å². The lowest BCUT2D eigenvalue weighted by atomic mass is 10.1. The monoisotopic (exact) mass is 278 g/mol. The predicted molar refractivity (Wildman–Crippen MR) is 76.1 cm³/mol. The number of aliphatic hydroxyl groups is 1. The van der Waals surface area contributed by atoms with E-state index in [1.54, 1.807) is 6.92 Å². The van der Waals surface area contributed by atoms with Gasteiger partial charge >= 0.3 is 0 Å². The molecule has 1 aromatic carbocycles. The molecule has 0 aromatic heterocycles. The second-order valence-corrected chi connectivity index (χ2v) is 5.14. The van der Waals surface area contributed by atoms with Crippen LogP contribution in [0, 0.1) is 0 Å². The van der Waals surface area contributed by atoms with Crippen molar-refractivity contribution in [2.45, 2.75) is 38.6 Å². The third-order valence-electron chi connectivity index (χ3n) is 3.53. The van der Waals surface area contributed by atoms with Crippen molar-refractivity contribution in [2.24, 2.45) is 0 Å². The van der Waals surface area contributed by atoms with Crippen LogP contribution in [0.1, 0.15) is 31.1 Å². The van der Waals surface area contributed by atoms with E-state index >= 15 is 0 Å². The number of morpholine rings is 1. The highest BCUT2D eigenvalue weighted by Gasteiger charge is 2.27. The quantitative estimate of drug-likeness (QED) is 0.759. The van der Waals surface area contributed by atoms with Crippen LogP contribution in [-0.2, 0) is 16.1 Å². The van der Waals surface area contributed by atoms with E-state index in [9.17, 15) is 9.90 Å². The largest absolute Gasteiger partial charge is 0.389 e. The van der Waals surface area contributed by atoms with Crippen molar-refractivity contribution < 1.29 is 14.6 Å². The molecule has 3 atom stereocenters. The molecule has 0 aliphatic carbocycles. The van der Waals surface area contributed by atoms with E-state index in [1.165, 1.54) is 0 Å². The summed E-state index contributed by atoms with van der Waals surface area (Å²) in [7, 11) is 0. The zero-order valence-electron chi connectivity index (χ0n) is 11.9. The second kappa shape index (κ2) is 6.83. The average Bonchev–Trinajstić information content (AvgIpc) is 2.45. The molecule has 1 fully saturated rings. The Kier molecular flexibility index (Phi) is 5.11. The van der Waals surface area contributed by atoms with Gasteiger partial charge in [-0.2, -0.15) is 0 Å². The number of carbonyl (C=O) groups is 1. The molecular weight excluding hydrogens is 256 g/mol. The van der Waals surface area contributed by atoms with E-state index in [-0.39, 0.29) is 18.1 Å². The van der Waals surface area contributed by atoms with Gasteiger partial charge in [-0.3, -0.25) is 4.79 Å². The smallest absolute Gasteiger partial charge is 0.240 e. The summed E-state index contributed by atoms with van der Waals surface area (Å²) in [6.07, 6.45) is -0.579. The van der Waals surface area contributed by atoms with Crippen LogP contribution in [0.25, 0.3) is 0 Å². The standard InChI is InChI=1S/C15H22N2O3/c1-10(18)13-5-3-12(4-6-13)9-17-15(19)14-11(2)20-8-7-16-14/h3-6,10-11,14,16,18H,7-9H2,1-2H3,(H,17,19)/t10?,11-,14+/m1/s1. The van der Waals surface area contributed by atoms with Gasteiger partial charge < -0.3 is 20.5 Å². The molecule has 110 valence electrons. The van der Waals surface area contributed by atoms with Crippen LogP contribution in [0.5, 0.6) is 0 Å². The molecule has 20 heavy (non-hydrogen) atoms. The normalized spacial score (nSPS) is 24.1. The minimum atomic E-state index is -0.469. The summed E-state index contributed by atoms with van der Waals surface area (Å²) < 4.78 is 5.45. The van der Waals surface area contributed by atoms with E-state index in [0.29, 0.717) is 19.7 Å². The summed E-state index contributed by atoms with van der Waals surface area (Å²) in [4.78, 5) is 12.1. The number of aliphatic hydroxyl groups excluding tert-OH is 1. The maximum absolute atomic E-state index is 12.1. The molecule has 1 unspecified atom stereocenters. The maximum Gasteiger partial charge on any atom is 0.240 e. The summed E-state index contributed by atoms with van der Waals surface area (Å²) in [6, 6.07) is 7.28. The minimum absolute atomic E-state index is 0.0446. The average molecular weight is 278 g/mol. The van der Waals surface area contributed by atoms with Gasteiger partial charge in [0.2, 0.25) is 5.91 Å². The van der Waals surface area contributed by atoms with Crippen molar-refractivity contribution in [1.29, 1.82) is 0 Å². The molecule has 0 spiro atoms. The first-order chi connectivity index (χ1) is 9.58. The fourth-order valence-corrected chi connectivity index (χ4v) is 2.24. The Balaban J connectivity index is 1.86. The molecule has 1 amide bonds. The molecule has 0 radical (unpaired) electrons. The molecule has 1 aliphatic heterocycles. The molecule has 1 aromatic rings. The second-order valence-electron chi connectivity index (χ2n) is 5.14. The van der Waals surface area contributed by atoms with Crippen molar-refractivity contribution in [3.05, 3.63) is 35.4 Å². The topological polar surface area (TPSA) is 70.6 Å². The van der Waals surface area contributed by atoms with E-state index in [0.717, 1.165) is 11.1 Å². The van der Waals surface area contributed by atoms with Crippen LogP contribution < -0.4 is 10.6 Å². The molecule has 1 saturated heterocycles. The lowest BCUT2D eigenvalue weighted by molar-refractivity contribution is -0.129. The number of ether oxygens (including phenoxy) is 1. The molecule has 0 saturated carbocycles. The van der Waals surface area contributed by atoms with Crippen LogP contribution in [0.15, 0.2) is 24.3 Å². The Morgan fingerprint density at radius 1 is 1.50 bits per heavy atom. The van der Waals surface area contributed by atoms with Crippen molar-refractivity contribution in [2.75, 3.05) is 13.2 Å². The van der Waals surface area contributed by atoms with Gasteiger partial charge in [-0.25, -0.2) is 0 Å². The first-order valence-electron chi connectivity index (χ1n) is 6.97. The zero-order valence-corrected chi connectivity index (χ0v) is 11.9. The van der Waals surface area contributed by atoms with Crippen LogP contribution in [-0.4, -0.2) is 36.3 Å². The summed E-state index contributed by atoms with van der Waals surface area (Å²) >= 11 is 0. The van der Waals surface area contributed by atoms with Gasteiger partial charge in [0, 0.05) is 13.1 Å². The molecule has 0 bridgehead atoms. The molecule has 5 heteroatoms. The molecule has 1 aliphatic rings. The highest BCUT2D eigenvalue weighted by molar-refractivity contribution is 5.82. The third kappa shape index (κ3) is 3.79. The Labute approximate surface area is 119 Å². The fourth-order valence-electron chi connectivity index (χ4n) is 2.24. The molecule has 5 nitrogen and oxygen atoms in total. The number of carbonyl (C=O) groups excluding carboxylic acids is 1. The van der Waals surface area contributed by atoms with Gasteiger partial charge in [0.15, 0.2) is 0 Å². The summed E-state index contributed by atoms with van der Waals surface area (Å²) in [5.74, 6) is -0.0446. The molecule has 1 heterocycles. The van der Waals surface area contributed by atoms with E-state index in [1.807, 2.05) is 31.2 Å². The van der Waals surface area contributed by atoms with Gasteiger partial charge in [-0.1, -0.05) is 24.3 Å². The zero-order chi connectivity index (χ0) is 14.5. The van der Waals surface area contributed by atoms with E-state index < -0.39 is 6.10 Å². The van der Waals surface area contributed by atoms with Crippen LogP contribution >= 0.6 is 0 Å².